The summed E-state index contributed by atoms with van der Waals surface area (Å²) in [6, 6.07) is 14.4. The molecule has 2 amide bonds. The van der Waals surface area contributed by atoms with E-state index < -0.39 is 24.5 Å². The van der Waals surface area contributed by atoms with Crippen molar-refractivity contribution in [2.45, 2.75) is 32.7 Å². The summed E-state index contributed by atoms with van der Waals surface area (Å²) in [7, 11) is 0. The van der Waals surface area contributed by atoms with Crippen LogP contribution in [0.2, 0.25) is 5.02 Å². The summed E-state index contributed by atoms with van der Waals surface area (Å²) in [5.74, 6) is -1.89. The first-order valence-corrected chi connectivity index (χ1v) is 10.4. The number of rotatable bonds is 10. The standard InChI is InChI=1S/C23H27ClN2O5/c1-3-31-22(29)15(2)11-20(26-23(30)25-14-21(27)28)12-16-7-9-17(10-8-16)18-5-4-6-19(24)13-18/h4-10,13,15,20H,3,11-12,14H2,1-2H3,(H,27,28)(H2,25,26,30). The lowest BCUT2D eigenvalue weighted by Gasteiger charge is -2.22. The van der Waals surface area contributed by atoms with Crippen molar-refractivity contribution in [3.8, 4) is 11.1 Å². The maximum atomic E-state index is 12.1. The highest BCUT2D eigenvalue weighted by Crippen LogP contribution is 2.23. The molecular weight excluding hydrogens is 420 g/mol. The van der Waals surface area contributed by atoms with E-state index in [-0.39, 0.29) is 18.6 Å². The van der Waals surface area contributed by atoms with E-state index in [9.17, 15) is 14.4 Å². The number of ether oxygens (including phenoxy) is 1. The molecule has 31 heavy (non-hydrogen) atoms. The van der Waals surface area contributed by atoms with Gasteiger partial charge < -0.3 is 20.5 Å². The van der Waals surface area contributed by atoms with Crippen LogP contribution in [0.25, 0.3) is 11.1 Å². The Morgan fingerprint density at radius 3 is 2.42 bits per heavy atom. The van der Waals surface area contributed by atoms with Gasteiger partial charge in [-0.3, -0.25) is 9.59 Å². The lowest BCUT2D eigenvalue weighted by molar-refractivity contribution is -0.147. The molecule has 2 atom stereocenters. The molecule has 8 heteroatoms. The number of benzene rings is 2. The van der Waals surface area contributed by atoms with E-state index in [0.717, 1.165) is 16.7 Å². The highest BCUT2D eigenvalue weighted by atomic mass is 35.5. The van der Waals surface area contributed by atoms with Crippen LogP contribution in [-0.2, 0) is 20.7 Å². The van der Waals surface area contributed by atoms with Gasteiger partial charge in [0.15, 0.2) is 0 Å². The van der Waals surface area contributed by atoms with Crippen molar-refractivity contribution in [1.82, 2.24) is 10.6 Å². The number of halogens is 1. The normalized spacial score (nSPS) is 12.5. The third-order valence-corrected chi connectivity index (χ3v) is 4.89. The second-order valence-corrected chi connectivity index (χ2v) is 7.65. The molecule has 0 radical (unpaired) electrons. The molecule has 0 aliphatic rings. The Hall–Kier alpha value is -3.06. The Kier molecular flexibility index (Phi) is 9.34. The molecule has 0 aliphatic carbocycles. The Morgan fingerprint density at radius 1 is 1.10 bits per heavy atom. The summed E-state index contributed by atoms with van der Waals surface area (Å²) in [4.78, 5) is 34.8. The molecule has 7 nitrogen and oxygen atoms in total. The first-order valence-electron chi connectivity index (χ1n) is 10.1. The van der Waals surface area contributed by atoms with E-state index in [4.69, 9.17) is 21.4 Å². The van der Waals surface area contributed by atoms with Crippen LogP contribution in [0, 0.1) is 5.92 Å². The number of hydrogen-bond donors (Lipinski definition) is 3. The maximum Gasteiger partial charge on any atom is 0.323 e. The third kappa shape index (κ3) is 8.30. The lowest BCUT2D eigenvalue weighted by atomic mass is 9.95. The summed E-state index contributed by atoms with van der Waals surface area (Å²) in [5.41, 5.74) is 2.97. The average molecular weight is 447 g/mol. The van der Waals surface area contributed by atoms with Gasteiger partial charge in [-0.05, 0) is 48.6 Å². The predicted molar refractivity (Wildman–Crippen MR) is 119 cm³/mol. The van der Waals surface area contributed by atoms with Gasteiger partial charge >= 0.3 is 18.0 Å². The van der Waals surface area contributed by atoms with Gasteiger partial charge in [-0.1, -0.05) is 54.9 Å². The molecule has 0 spiro atoms. The van der Waals surface area contributed by atoms with Crippen molar-refractivity contribution in [1.29, 1.82) is 0 Å². The minimum absolute atomic E-state index is 0.283. The van der Waals surface area contributed by atoms with Crippen LogP contribution < -0.4 is 10.6 Å². The predicted octanol–water partition coefficient (Wildman–Crippen LogP) is 3.89. The van der Waals surface area contributed by atoms with Gasteiger partial charge in [0.05, 0.1) is 12.5 Å². The van der Waals surface area contributed by atoms with Gasteiger partial charge in [-0.15, -0.1) is 0 Å². The second-order valence-electron chi connectivity index (χ2n) is 7.22. The van der Waals surface area contributed by atoms with Crippen LogP contribution in [0.1, 0.15) is 25.8 Å². The molecule has 2 aromatic carbocycles. The van der Waals surface area contributed by atoms with Crippen LogP contribution in [0.15, 0.2) is 48.5 Å². The smallest absolute Gasteiger partial charge is 0.323 e. The number of carbonyl (C=O) groups excluding carboxylic acids is 2. The summed E-state index contributed by atoms with van der Waals surface area (Å²) < 4.78 is 5.06. The van der Waals surface area contributed by atoms with E-state index in [0.29, 0.717) is 17.9 Å². The fourth-order valence-corrected chi connectivity index (χ4v) is 3.37. The zero-order chi connectivity index (χ0) is 22.8. The fraction of sp³-hybridized carbons (Fsp3) is 0.348. The van der Waals surface area contributed by atoms with Crippen molar-refractivity contribution >= 4 is 29.6 Å². The number of nitrogens with one attached hydrogen (secondary N) is 2. The zero-order valence-corrected chi connectivity index (χ0v) is 18.3. The van der Waals surface area contributed by atoms with Gasteiger partial charge in [0.2, 0.25) is 0 Å². The van der Waals surface area contributed by atoms with Crippen LogP contribution >= 0.6 is 11.6 Å². The van der Waals surface area contributed by atoms with Crippen molar-refractivity contribution in [2.24, 2.45) is 5.92 Å². The average Bonchev–Trinajstić information content (AvgIpc) is 2.73. The quantitative estimate of drug-likeness (QED) is 0.480. The van der Waals surface area contributed by atoms with Crippen molar-refractivity contribution in [2.75, 3.05) is 13.2 Å². The molecule has 0 aromatic heterocycles. The van der Waals surface area contributed by atoms with Crippen LogP contribution in [-0.4, -0.2) is 42.3 Å². The number of carboxylic acid groups (broad SMARTS) is 1. The number of carbonyl (C=O) groups is 3. The molecule has 166 valence electrons. The molecule has 2 unspecified atom stereocenters. The summed E-state index contributed by atoms with van der Waals surface area (Å²) in [5, 5.41) is 14.4. The van der Waals surface area contributed by atoms with Crippen LogP contribution in [0.4, 0.5) is 4.79 Å². The van der Waals surface area contributed by atoms with Crippen molar-refractivity contribution in [3.05, 3.63) is 59.1 Å². The zero-order valence-electron chi connectivity index (χ0n) is 17.6. The van der Waals surface area contributed by atoms with Gasteiger partial charge in [-0.25, -0.2) is 4.79 Å². The van der Waals surface area contributed by atoms with E-state index in [1.807, 2.05) is 48.5 Å². The maximum absolute atomic E-state index is 12.1. The molecule has 2 aromatic rings. The summed E-state index contributed by atoms with van der Waals surface area (Å²) >= 11 is 6.06. The Balaban J connectivity index is 2.10. The molecule has 0 fully saturated rings. The fourth-order valence-electron chi connectivity index (χ4n) is 3.18. The van der Waals surface area contributed by atoms with Gasteiger partial charge in [0, 0.05) is 11.1 Å². The number of aliphatic carboxylic acids is 1. The largest absolute Gasteiger partial charge is 0.480 e. The van der Waals surface area contributed by atoms with Crippen molar-refractivity contribution < 1.29 is 24.2 Å². The first-order chi connectivity index (χ1) is 14.8. The minimum Gasteiger partial charge on any atom is -0.480 e. The minimum atomic E-state index is -1.14. The molecule has 3 N–H and O–H groups in total. The Labute approximate surface area is 186 Å². The van der Waals surface area contributed by atoms with Crippen LogP contribution in [0.3, 0.4) is 0 Å². The SMILES string of the molecule is CCOC(=O)C(C)CC(Cc1ccc(-c2cccc(Cl)c2)cc1)NC(=O)NCC(=O)O. The highest BCUT2D eigenvalue weighted by Gasteiger charge is 2.22. The Morgan fingerprint density at radius 2 is 1.81 bits per heavy atom. The van der Waals surface area contributed by atoms with E-state index in [1.165, 1.54) is 0 Å². The molecular formula is C23H27ClN2O5. The third-order valence-electron chi connectivity index (χ3n) is 4.66. The van der Waals surface area contributed by atoms with Gasteiger partial charge in [-0.2, -0.15) is 0 Å². The first kappa shape index (κ1) is 24.2. The number of urea groups is 1. The molecule has 2 rings (SSSR count). The lowest BCUT2D eigenvalue weighted by Crippen LogP contribution is -2.45. The van der Waals surface area contributed by atoms with E-state index in [2.05, 4.69) is 10.6 Å². The number of esters is 1. The number of hydrogen-bond acceptors (Lipinski definition) is 4. The topological polar surface area (TPSA) is 105 Å². The highest BCUT2D eigenvalue weighted by molar-refractivity contribution is 6.30. The van der Waals surface area contributed by atoms with Gasteiger partial charge in [0.25, 0.3) is 0 Å². The molecule has 0 aliphatic heterocycles. The second kappa shape index (κ2) is 12.0. The van der Waals surface area contributed by atoms with E-state index in [1.54, 1.807) is 13.8 Å². The molecule has 0 heterocycles. The Bertz CT molecular complexity index is 901. The summed E-state index contributed by atoms with van der Waals surface area (Å²) in [6.07, 6.45) is 0.829. The van der Waals surface area contributed by atoms with Gasteiger partial charge in [0.1, 0.15) is 6.54 Å². The summed E-state index contributed by atoms with van der Waals surface area (Å²) in [6.45, 7) is 3.27. The van der Waals surface area contributed by atoms with Crippen LogP contribution in [0.5, 0.6) is 0 Å². The number of amides is 2. The van der Waals surface area contributed by atoms with Crippen molar-refractivity contribution in [3.63, 3.8) is 0 Å². The molecule has 0 saturated heterocycles. The number of carboxylic acids is 1. The molecule has 0 saturated carbocycles. The van der Waals surface area contributed by atoms with E-state index >= 15 is 0 Å². The molecule has 0 bridgehead atoms. The monoisotopic (exact) mass is 446 g/mol.